The molecule has 0 saturated carbocycles. The van der Waals surface area contributed by atoms with Crippen LogP contribution in [0.2, 0.25) is 0 Å². The van der Waals surface area contributed by atoms with Crippen LogP contribution in [0.25, 0.3) is 0 Å². The Morgan fingerprint density at radius 2 is 1.82 bits per heavy atom. The summed E-state index contributed by atoms with van der Waals surface area (Å²) in [6.07, 6.45) is 0.994. The fourth-order valence-corrected chi connectivity index (χ4v) is 6.37. The molecule has 0 aliphatic carbocycles. The third-order valence-corrected chi connectivity index (χ3v) is 8.62. The van der Waals surface area contributed by atoms with Crippen LogP contribution in [0.1, 0.15) is 28.8 Å². The van der Waals surface area contributed by atoms with E-state index in [4.69, 9.17) is 9.47 Å². The summed E-state index contributed by atoms with van der Waals surface area (Å²) in [4.78, 5) is 13.5. The van der Waals surface area contributed by atoms with E-state index in [1.807, 2.05) is 30.3 Å². The number of amides is 1. The van der Waals surface area contributed by atoms with Crippen LogP contribution in [-0.4, -0.2) is 76.6 Å². The van der Waals surface area contributed by atoms with E-state index in [1.54, 1.807) is 12.1 Å². The Morgan fingerprint density at radius 1 is 1.15 bits per heavy atom. The second kappa shape index (κ2) is 11.2. The van der Waals surface area contributed by atoms with Gasteiger partial charge in [0.25, 0.3) is 5.91 Å². The number of methoxy groups -OCH3 is 2. The molecule has 186 valence electrons. The van der Waals surface area contributed by atoms with E-state index in [9.17, 15) is 18.3 Å². The number of rotatable bonds is 10. The van der Waals surface area contributed by atoms with Crippen LogP contribution in [0.5, 0.6) is 11.5 Å². The summed E-state index contributed by atoms with van der Waals surface area (Å²) >= 11 is 0. The molecule has 3 rings (SSSR count). The molecular weight excluding hydrogens is 458 g/mol. The summed E-state index contributed by atoms with van der Waals surface area (Å²) in [5.41, 5.74) is -0.170. The van der Waals surface area contributed by atoms with Crippen molar-refractivity contribution in [3.05, 3.63) is 59.7 Å². The van der Waals surface area contributed by atoms with Crippen LogP contribution >= 0.6 is 0 Å². The highest BCUT2D eigenvalue weighted by molar-refractivity contribution is 7.89. The number of carbonyl (C=O) groups excluding carboxylic acids is 1. The molecule has 1 fully saturated rings. The molecule has 0 aromatic heterocycles. The average molecular weight is 492 g/mol. The molecule has 1 atom stereocenters. The number of ether oxygens (including phenoxy) is 2. The SMILES string of the molecule is COCCN(C)S(=O)(=O)C(NC(=O)c1c(O)cccc1OC)C1(c2ccccc2)CCNCC1. The maximum Gasteiger partial charge on any atom is 0.259 e. The Morgan fingerprint density at radius 3 is 2.44 bits per heavy atom. The topological polar surface area (TPSA) is 117 Å². The van der Waals surface area contributed by atoms with Gasteiger partial charge in [-0.1, -0.05) is 36.4 Å². The Labute approximate surface area is 201 Å². The lowest BCUT2D eigenvalue weighted by atomic mass is 9.72. The van der Waals surface area contributed by atoms with Gasteiger partial charge < -0.3 is 25.2 Å². The Hall–Kier alpha value is -2.66. The van der Waals surface area contributed by atoms with Crippen LogP contribution in [0, 0.1) is 0 Å². The molecule has 0 bridgehead atoms. The molecule has 9 nitrogen and oxygen atoms in total. The predicted octanol–water partition coefficient (Wildman–Crippen LogP) is 1.69. The first-order chi connectivity index (χ1) is 16.3. The van der Waals surface area contributed by atoms with E-state index in [1.165, 1.54) is 31.6 Å². The number of hydrogen-bond acceptors (Lipinski definition) is 7. The van der Waals surface area contributed by atoms with E-state index >= 15 is 0 Å². The molecule has 2 aromatic rings. The monoisotopic (exact) mass is 491 g/mol. The molecule has 34 heavy (non-hydrogen) atoms. The summed E-state index contributed by atoms with van der Waals surface area (Å²) < 4.78 is 39.5. The molecule has 1 unspecified atom stereocenters. The van der Waals surface area contributed by atoms with E-state index in [2.05, 4.69) is 10.6 Å². The minimum atomic E-state index is -4.04. The van der Waals surface area contributed by atoms with Gasteiger partial charge in [-0.2, -0.15) is 0 Å². The summed E-state index contributed by atoms with van der Waals surface area (Å²) in [5, 5.41) is 15.2. The van der Waals surface area contributed by atoms with E-state index in [0.717, 1.165) is 5.56 Å². The second-order valence-electron chi connectivity index (χ2n) is 8.34. The highest BCUT2D eigenvalue weighted by Crippen LogP contribution is 2.40. The zero-order valence-electron chi connectivity index (χ0n) is 19.8. The van der Waals surface area contributed by atoms with Crippen molar-refractivity contribution in [1.82, 2.24) is 14.9 Å². The number of sulfonamides is 1. The molecule has 1 heterocycles. The van der Waals surface area contributed by atoms with E-state index < -0.39 is 26.7 Å². The predicted molar refractivity (Wildman–Crippen MR) is 130 cm³/mol. The molecule has 0 radical (unpaired) electrons. The van der Waals surface area contributed by atoms with Gasteiger partial charge in [-0.3, -0.25) is 4.79 Å². The van der Waals surface area contributed by atoms with Crippen molar-refractivity contribution in [3.63, 3.8) is 0 Å². The van der Waals surface area contributed by atoms with Gasteiger partial charge in [0.15, 0.2) is 5.37 Å². The fourth-order valence-electron chi connectivity index (χ4n) is 4.48. The first-order valence-electron chi connectivity index (χ1n) is 11.1. The summed E-state index contributed by atoms with van der Waals surface area (Å²) in [7, 11) is 0.324. The third kappa shape index (κ3) is 5.20. The number of phenolic OH excluding ortho intramolecular Hbond substituents is 1. The van der Waals surface area contributed by atoms with Gasteiger partial charge in [0.2, 0.25) is 10.0 Å². The van der Waals surface area contributed by atoms with Gasteiger partial charge in [-0.15, -0.1) is 0 Å². The van der Waals surface area contributed by atoms with Crippen LogP contribution in [0.15, 0.2) is 48.5 Å². The van der Waals surface area contributed by atoms with Crippen molar-refractivity contribution in [2.45, 2.75) is 23.6 Å². The largest absolute Gasteiger partial charge is 0.507 e. The molecule has 0 spiro atoms. The standard InChI is InChI=1S/C24H33N3O6S/c1-27(16-17-32-2)34(30,31)23(26-22(29)21-19(28)10-7-11-20(21)33-3)24(12-14-25-15-13-24)18-8-5-4-6-9-18/h4-11,23,25,28H,12-17H2,1-3H3,(H,26,29). The van der Waals surface area contributed by atoms with Crippen molar-refractivity contribution in [1.29, 1.82) is 0 Å². The highest BCUT2D eigenvalue weighted by Gasteiger charge is 2.50. The maximum atomic E-state index is 14.0. The number of carbonyl (C=O) groups is 1. The van der Waals surface area contributed by atoms with Gasteiger partial charge in [0, 0.05) is 26.1 Å². The average Bonchev–Trinajstić information content (AvgIpc) is 2.86. The lowest BCUT2D eigenvalue weighted by Crippen LogP contribution is -2.61. The Kier molecular flexibility index (Phi) is 8.53. The van der Waals surface area contributed by atoms with E-state index in [0.29, 0.717) is 25.9 Å². The smallest absolute Gasteiger partial charge is 0.259 e. The fraction of sp³-hybridized carbons (Fsp3) is 0.458. The van der Waals surface area contributed by atoms with Crippen LogP contribution < -0.4 is 15.4 Å². The van der Waals surface area contributed by atoms with Gasteiger partial charge in [-0.05, 0) is 43.6 Å². The first-order valence-corrected chi connectivity index (χ1v) is 12.7. The quantitative estimate of drug-likeness (QED) is 0.463. The number of nitrogens with one attached hydrogen (secondary N) is 2. The number of benzene rings is 2. The lowest BCUT2D eigenvalue weighted by molar-refractivity contribution is 0.0917. The van der Waals surface area contributed by atoms with Crippen LogP contribution in [0.3, 0.4) is 0 Å². The van der Waals surface area contributed by atoms with Crippen LogP contribution in [-0.2, 0) is 20.2 Å². The Balaban J connectivity index is 2.14. The second-order valence-corrected chi connectivity index (χ2v) is 10.5. The number of hydrogen-bond donors (Lipinski definition) is 3. The van der Waals surface area contributed by atoms with Gasteiger partial charge in [0.05, 0.1) is 13.7 Å². The van der Waals surface area contributed by atoms with Crippen molar-refractivity contribution in [2.24, 2.45) is 0 Å². The molecule has 1 amide bonds. The van der Waals surface area contributed by atoms with Crippen molar-refractivity contribution >= 4 is 15.9 Å². The zero-order valence-corrected chi connectivity index (χ0v) is 20.6. The maximum absolute atomic E-state index is 14.0. The summed E-state index contributed by atoms with van der Waals surface area (Å²) in [5.74, 6) is -0.863. The van der Waals surface area contributed by atoms with Gasteiger partial charge >= 0.3 is 0 Å². The van der Waals surface area contributed by atoms with Crippen LogP contribution in [0.4, 0.5) is 0 Å². The first kappa shape index (κ1) is 26.0. The highest BCUT2D eigenvalue weighted by atomic mass is 32.2. The number of phenols is 1. The molecule has 3 N–H and O–H groups in total. The molecule has 10 heteroatoms. The van der Waals surface area contributed by atoms with Gasteiger partial charge in [0.1, 0.15) is 17.1 Å². The third-order valence-electron chi connectivity index (χ3n) is 6.40. The molecule has 1 aliphatic rings. The summed E-state index contributed by atoms with van der Waals surface area (Å²) in [6, 6.07) is 13.9. The minimum Gasteiger partial charge on any atom is -0.507 e. The minimum absolute atomic E-state index is 0.109. The molecule has 1 saturated heterocycles. The van der Waals surface area contributed by atoms with Crippen molar-refractivity contribution in [2.75, 3.05) is 47.5 Å². The molecule has 1 aliphatic heterocycles. The number of aromatic hydroxyl groups is 1. The van der Waals surface area contributed by atoms with Gasteiger partial charge in [-0.25, -0.2) is 12.7 Å². The van der Waals surface area contributed by atoms with Crippen molar-refractivity contribution < 1.29 is 27.8 Å². The van der Waals surface area contributed by atoms with E-state index in [-0.39, 0.29) is 30.2 Å². The zero-order chi connectivity index (χ0) is 24.8. The number of nitrogens with zero attached hydrogens (tertiary/aromatic N) is 1. The Bertz CT molecular complexity index is 1070. The number of likely N-dealkylation sites (N-methyl/N-ethyl adjacent to an activating group) is 1. The molecule has 2 aromatic carbocycles. The van der Waals surface area contributed by atoms with Crippen molar-refractivity contribution in [3.8, 4) is 11.5 Å². The summed E-state index contributed by atoms with van der Waals surface area (Å²) in [6.45, 7) is 1.54. The normalized spacial score (nSPS) is 16.7. The number of piperidine rings is 1. The molecular formula is C24H33N3O6S. The lowest BCUT2D eigenvalue weighted by Gasteiger charge is -2.45.